The molecule has 0 spiro atoms. The van der Waals surface area contributed by atoms with Gasteiger partial charge in [-0.25, -0.2) is 9.78 Å². The number of hydrogen-bond donors (Lipinski definition) is 1. The molecule has 1 saturated heterocycles. The van der Waals surface area contributed by atoms with Crippen LogP contribution in [0.1, 0.15) is 11.3 Å². The first-order chi connectivity index (χ1) is 13.4. The molecule has 0 bridgehead atoms. The van der Waals surface area contributed by atoms with E-state index in [-0.39, 0.29) is 6.10 Å². The normalized spacial score (nSPS) is 17.2. The molecule has 3 aromatic rings. The van der Waals surface area contributed by atoms with E-state index in [1.807, 2.05) is 47.9 Å². The van der Waals surface area contributed by atoms with Crippen molar-refractivity contribution in [2.24, 2.45) is 0 Å². The Morgan fingerprint density at radius 2 is 2.21 bits per heavy atom. The summed E-state index contributed by atoms with van der Waals surface area (Å²) in [4.78, 5) is 17.6. The number of aryl methyl sites for hydroxylation is 1. The molecular weight excluding hydrogens is 446 g/mol. The van der Waals surface area contributed by atoms with Crippen LogP contribution < -0.4 is 0 Å². The molecule has 1 aliphatic heterocycles. The van der Waals surface area contributed by atoms with Gasteiger partial charge in [-0.2, -0.15) is 0 Å². The van der Waals surface area contributed by atoms with E-state index in [1.165, 1.54) is 4.90 Å². The van der Waals surface area contributed by atoms with E-state index in [0.717, 1.165) is 32.6 Å². The third-order valence-corrected chi connectivity index (χ3v) is 5.70. The summed E-state index contributed by atoms with van der Waals surface area (Å²) in [5.41, 5.74) is 4.53. The minimum absolute atomic E-state index is 0.237. The molecule has 2 aromatic heterocycles. The van der Waals surface area contributed by atoms with Crippen LogP contribution in [0, 0.1) is 6.92 Å². The van der Waals surface area contributed by atoms with Gasteiger partial charge in [0.1, 0.15) is 5.65 Å². The molecule has 1 aromatic carbocycles. The van der Waals surface area contributed by atoms with Crippen molar-refractivity contribution in [2.45, 2.75) is 19.4 Å². The lowest BCUT2D eigenvalue weighted by atomic mass is 10.1. The predicted octanol–water partition coefficient (Wildman–Crippen LogP) is 4.65. The number of fused-ring (bicyclic) bond motifs is 1. The molecule has 0 saturated carbocycles. The zero-order valence-electron chi connectivity index (χ0n) is 15.2. The van der Waals surface area contributed by atoms with Crippen LogP contribution in [-0.4, -0.2) is 51.3 Å². The third-order valence-electron chi connectivity index (χ3n) is 4.90. The first kappa shape index (κ1) is 19.2. The Bertz CT molecular complexity index is 1050. The van der Waals surface area contributed by atoms with Crippen molar-refractivity contribution in [3.05, 3.63) is 57.3 Å². The van der Waals surface area contributed by atoms with Crippen molar-refractivity contribution >= 4 is 39.3 Å². The van der Waals surface area contributed by atoms with Crippen LogP contribution in [0.5, 0.6) is 0 Å². The Hall–Kier alpha value is -2.09. The SMILES string of the molecule is Cc1ccn2c(C[C@H]3CN(C(=O)O)CCO3)c(-c3ccc(Br)cc3Cl)nc2c1. The molecule has 0 aliphatic carbocycles. The van der Waals surface area contributed by atoms with Crippen LogP contribution >= 0.6 is 27.5 Å². The zero-order chi connectivity index (χ0) is 19.8. The monoisotopic (exact) mass is 463 g/mol. The fraction of sp³-hybridized carbons (Fsp3) is 0.300. The fourth-order valence-electron chi connectivity index (χ4n) is 3.52. The van der Waals surface area contributed by atoms with Crippen molar-refractivity contribution in [2.75, 3.05) is 19.7 Å². The van der Waals surface area contributed by atoms with Gasteiger partial charge < -0.3 is 19.1 Å². The van der Waals surface area contributed by atoms with Crippen molar-refractivity contribution in [1.82, 2.24) is 14.3 Å². The van der Waals surface area contributed by atoms with Gasteiger partial charge in [0.25, 0.3) is 0 Å². The van der Waals surface area contributed by atoms with Gasteiger partial charge >= 0.3 is 6.09 Å². The van der Waals surface area contributed by atoms with Crippen LogP contribution in [0.3, 0.4) is 0 Å². The van der Waals surface area contributed by atoms with E-state index in [4.69, 9.17) is 21.3 Å². The van der Waals surface area contributed by atoms with E-state index in [1.54, 1.807) is 0 Å². The van der Waals surface area contributed by atoms with Gasteiger partial charge in [-0.1, -0.05) is 33.6 Å². The highest BCUT2D eigenvalue weighted by Crippen LogP contribution is 2.33. The van der Waals surface area contributed by atoms with Gasteiger partial charge in [-0.3, -0.25) is 0 Å². The number of halogens is 2. The third kappa shape index (κ3) is 3.74. The molecule has 0 radical (unpaired) electrons. The number of rotatable bonds is 3. The molecule has 1 N–H and O–H groups in total. The number of morpholine rings is 1. The van der Waals surface area contributed by atoms with Gasteiger partial charge in [0.15, 0.2) is 0 Å². The van der Waals surface area contributed by atoms with Gasteiger partial charge in [0, 0.05) is 29.2 Å². The molecule has 0 unspecified atom stereocenters. The second-order valence-electron chi connectivity index (χ2n) is 6.89. The van der Waals surface area contributed by atoms with E-state index < -0.39 is 6.09 Å². The molecule has 6 nitrogen and oxygen atoms in total. The summed E-state index contributed by atoms with van der Waals surface area (Å²) in [6.07, 6.45) is 1.37. The average molecular weight is 465 g/mol. The molecule has 28 heavy (non-hydrogen) atoms. The van der Waals surface area contributed by atoms with Crippen LogP contribution in [0.15, 0.2) is 41.0 Å². The first-order valence-corrected chi connectivity index (χ1v) is 10.1. The Kier molecular flexibility index (Phi) is 5.31. The summed E-state index contributed by atoms with van der Waals surface area (Å²) in [5, 5.41) is 9.91. The average Bonchev–Trinajstić information content (AvgIpc) is 2.99. The number of benzene rings is 1. The molecule has 1 aliphatic rings. The molecule has 8 heteroatoms. The van der Waals surface area contributed by atoms with E-state index >= 15 is 0 Å². The lowest BCUT2D eigenvalue weighted by Crippen LogP contribution is -2.45. The summed E-state index contributed by atoms with van der Waals surface area (Å²) in [6.45, 7) is 3.14. The highest BCUT2D eigenvalue weighted by Gasteiger charge is 2.27. The second kappa shape index (κ2) is 7.73. The highest BCUT2D eigenvalue weighted by molar-refractivity contribution is 9.10. The fourth-order valence-corrected chi connectivity index (χ4v) is 4.28. The number of pyridine rings is 1. The second-order valence-corrected chi connectivity index (χ2v) is 8.21. The number of ether oxygens (including phenoxy) is 1. The number of nitrogens with zero attached hydrogens (tertiary/aromatic N) is 3. The van der Waals surface area contributed by atoms with Crippen molar-refractivity contribution in [1.29, 1.82) is 0 Å². The number of carbonyl (C=O) groups is 1. The van der Waals surface area contributed by atoms with Gasteiger partial charge in [-0.15, -0.1) is 0 Å². The highest BCUT2D eigenvalue weighted by atomic mass is 79.9. The van der Waals surface area contributed by atoms with E-state index in [0.29, 0.717) is 31.1 Å². The van der Waals surface area contributed by atoms with E-state index in [9.17, 15) is 9.90 Å². The minimum Gasteiger partial charge on any atom is -0.465 e. The maximum Gasteiger partial charge on any atom is 0.407 e. The lowest BCUT2D eigenvalue weighted by molar-refractivity contribution is -0.0214. The van der Waals surface area contributed by atoms with Gasteiger partial charge in [-0.05, 0) is 36.8 Å². The van der Waals surface area contributed by atoms with Crippen molar-refractivity contribution < 1.29 is 14.6 Å². The standard InChI is InChI=1S/C20H19BrClN3O3/c1-12-4-5-25-17(10-14-11-24(20(26)27)6-7-28-14)19(23-18(25)8-12)15-3-2-13(21)9-16(15)22/h2-5,8-9,14H,6-7,10-11H2,1H3,(H,26,27)/t14-/m0/s1. The summed E-state index contributed by atoms with van der Waals surface area (Å²) in [6, 6.07) is 9.76. The molecule has 3 heterocycles. The Morgan fingerprint density at radius 1 is 1.39 bits per heavy atom. The lowest BCUT2D eigenvalue weighted by Gasteiger charge is -2.31. The van der Waals surface area contributed by atoms with Gasteiger partial charge in [0.05, 0.1) is 35.7 Å². The smallest absolute Gasteiger partial charge is 0.407 e. The number of aromatic nitrogens is 2. The molecule has 146 valence electrons. The largest absolute Gasteiger partial charge is 0.465 e. The Labute approximate surface area is 175 Å². The Morgan fingerprint density at radius 3 is 2.96 bits per heavy atom. The van der Waals surface area contributed by atoms with Gasteiger partial charge in [0.2, 0.25) is 0 Å². The van der Waals surface area contributed by atoms with Crippen LogP contribution in [0.2, 0.25) is 5.02 Å². The van der Waals surface area contributed by atoms with Crippen molar-refractivity contribution in [3.63, 3.8) is 0 Å². The maximum absolute atomic E-state index is 11.3. The maximum atomic E-state index is 11.3. The van der Waals surface area contributed by atoms with Crippen LogP contribution in [0.25, 0.3) is 16.9 Å². The molecule has 1 fully saturated rings. The zero-order valence-corrected chi connectivity index (χ0v) is 17.6. The molecule has 1 atom stereocenters. The number of hydrogen-bond acceptors (Lipinski definition) is 3. The summed E-state index contributed by atoms with van der Waals surface area (Å²) in [7, 11) is 0. The molecular formula is C20H19BrClN3O3. The van der Waals surface area contributed by atoms with Crippen molar-refractivity contribution in [3.8, 4) is 11.3 Å². The Balaban J connectivity index is 1.78. The van der Waals surface area contributed by atoms with Crippen LogP contribution in [0.4, 0.5) is 4.79 Å². The quantitative estimate of drug-likeness (QED) is 0.613. The topological polar surface area (TPSA) is 67.1 Å². The number of imidazole rings is 1. The molecule has 4 rings (SSSR count). The summed E-state index contributed by atoms with van der Waals surface area (Å²) >= 11 is 9.95. The minimum atomic E-state index is -0.918. The number of carboxylic acid groups (broad SMARTS) is 1. The predicted molar refractivity (Wildman–Crippen MR) is 111 cm³/mol. The van der Waals surface area contributed by atoms with Crippen LogP contribution in [-0.2, 0) is 11.2 Å². The first-order valence-electron chi connectivity index (χ1n) is 8.95. The number of amides is 1. The summed E-state index contributed by atoms with van der Waals surface area (Å²) < 4.78 is 8.79. The molecule has 1 amide bonds. The summed E-state index contributed by atoms with van der Waals surface area (Å²) in [5.74, 6) is 0. The van der Waals surface area contributed by atoms with E-state index in [2.05, 4.69) is 15.9 Å².